The molecule has 1 N–H and O–H groups in total. The Labute approximate surface area is 150 Å². The van der Waals surface area contributed by atoms with Gasteiger partial charge in [-0.15, -0.1) is 0 Å². The molecule has 1 atom stereocenters. The second kappa shape index (κ2) is 9.06. The van der Waals surface area contributed by atoms with E-state index >= 15 is 0 Å². The highest BCUT2D eigenvalue weighted by Gasteiger charge is 2.33. The summed E-state index contributed by atoms with van der Waals surface area (Å²) in [6, 6.07) is 7.53. The monoisotopic (exact) mass is 350 g/mol. The summed E-state index contributed by atoms with van der Waals surface area (Å²) in [7, 11) is 1.64. The molecule has 1 fully saturated rings. The van der Waals surface area contributed by atoms with Gasteiger partial charge in [0.25, 0.3) is 0 Å². The van der Waals surface area contributed by atoms with E-state index < -0.39 is 0 Å². The first kappa shape index (κ1) is 19.5. The van der Waals surface area contributed by atoms with Crippen LogP contribution in [0.25, 0.3) is 0 Å². The van der Waals surface area contributed by atoms with Crippen LogP contribution >= 0.6 is 0 Å². The van der Waals surface area contributed by atoms with Gasteiger partial charge >= 0.3 is 6.03 Å². The van der Waals surface area contributed by atoms with E-state index in [4.69, 9.17) is 14.2 Å². The van der Waals surface area contributed by atoms with Crippen LogP contribution in [-0.2, 0) is 9.47 Å². The predicted octanol–water partition coefficient (Wildman–Crippen LogP) is 3.52. The van der Waals surface area contributed by atoms with E-state index in [1.54, 1.807) is 7.11 Å². The van der Waals surface area contributed by atoms with Crippen LogP contribution in [-0.4, -0.2) is 56.0 Å². The first-order chi connectivity index (χ1) is 11.9. The number of carbonyl (C=O) groups is 1. The number of carbonyl (C=O) groups excluding carboxylic acids is 1. The molecule has 1 aromatic rings. The molecule has 25 heavy (non-hydrogen) atoms. The molecule has 140 valence electrons. The zero-order valence-corrected chi connectivity index (χ0v) is 15.7. The Morgan fingerprint density at radius 3 is 2.88 bits per heavy atom. The van der Waals surface area contributed by atoms with E-state index in [1.807, 2.05) is 36.1 Å². The third-order valence-corrected chi connectivity index (χ3v) is 4.35. The number of urea groups is 1. The number of anilines is 1. The van der Waals surface area contributed by atoms with Gasteiger partial charge < -0.3 is 24.4 Å². The van der Waals surface area contributed by atoms with Gasteiger partial charge in [-0.05, 0) is 45.7 Å². The summed E-state index contributed by atoms with van der Waals surface area (Å²) in [5, 5.41) is 2.98. The van der Waals surface area contributed by atoms with Gasteiger partial charge in [0, 0.05) is 38.1 Å². The number of methoxy groups -OCH3 is 1. The van der Waals surface area contributed by atoms with Crippen LogP contribution in [0.15, 0.2) is 24.3 Å². The Balaban J connectivity index is 1.98. The average Bonchev–Trinajstić information content (AvgIpc) is 2.55. The van der Waals surface area contributed by atoms with Crippen LogP contribution in [0.1, 0.15) is 33.6 Å². The minimum Gasteiger partial charge on any atom is -0.491 e. The van der Waals surface area contributed by atoms with Gasteiger partial charge in [-0.3, -0.25) is 0 Å². The molecular formula is C19H30N2O4. The fourth-order valence-electron chi connectivity index (χ4n) is 3.14. The van der Waals surface area contributed by atoms with Gasteiger partial charge in [0.2, 0.25) is 0 Å². The normalized spacial score (nSPS) is 19.3. The summed E-state index contributed by atoms with van der Waals surface area (Å²) in [4.78, 5) is 14.6. The van der Waals surface area contributed by atoms with Crippen LogP contribution in [0.2, 0.25) is 0 Å². The van der Waals surface area contributed by atoms with E-state index in [0.717, 1.165) is 18.5 Å². The summed E-state index contributed by atoms with van der Waals surface area (Å²) in [6.45, 7) is 8.51. The molecule has 6 heteroatoms. The molecule has 0 spiro atoms. The van der Waals surface area contributed by atoms with E-state index in [9.17, 15) is 4.79 Å². The van der Waals surface area contributed by atoms with Crippen molar-refractivity contribution >= 4 is 11.7 Å². The summed E-state index contributed by atoms with van der Waals surface area (Å²) in [6.07, 6.45) is 1.71. The summed E-state index contributed by atoms with van der Waals surface area (Å²) < 4.78 is 16.3. The van der Waals surface area contributed by atoms with E-state index in [2.05, 4.69) is 19.2 Å². The van der Waals surface area contributed by atoms with Crippen molar-refractivity contribution in [3.63, 3.8) is 0 Å². The Morgan fingerprint density at radius 1 is 1.40 bits per heavy atom. The number of nitrogens with one attached hydrogen (secondary N) is 1. The molecule has 0 radical (unpaired) electrons. The molecule has 1 unspecified atom stereocenters. The molecule has 1 aliphatic rings. The molecule has 0 aromatic heterocycles. The highest BCUT2D eigenvalue weighted by atomic mass is 16.5. The van der Waals surface area contributed by atoms with E-state index in [1.165, 1.54) is 0 Å². The maximum atomic E-state index is 12.7. The Hall–Kier alpha value is -1.79. The van der Waals surface area contributed by atoms with Crippen molar-refractivity contribution in [1.82, 2.24) is 4.90 Å². The van der Waals surface area contributed by atoms with Crippen molar-refractivity contribution < 1.29 is 19.0 Å². The third-order valence-electron chi connectivity index (χ3n) is 4.35. The molecule has 1 saturated heterocycles. The lowest BCUT2D eigenvalue weighted by molar-refractivity contribution is -0.0758. The zero-order valence-electron chi connectivity index (χ0n) is 15.7. The van der Waals surface area contributed by atoms with Crippen molar-refractivity contribution in [3.05, 3.63) is 24.3 Å². The molecule has 0 saturated carbocycles. The van der Waals surface area contributed by atoms with Crippen molar-refractivity contribution in [1.29, 1.82) is 0 Å². The molecule has 1 aromatic carbocycles. The molecule has 0 aliphatic carbocycles. The number of hydrogen-bond donors (Lipinski definition) is 1. The lowest BCUT2D eigenvalue weighted by atomic mass is 9.93. The first-order valence-electron chi connectivity index (χ1n) is 8.88. The van der Waals surface area contributed by atoms with Crippen molar-refractivity contribution in [2.24, 2.45) is 0 Å². The maximum absolute atomic E-state index is 12.7. The number of amides is 2. The second-order valence-electron chi connectivity index (χ2n) is 6.84. The largest absolute Gasteiger partial charge is 0.491 e. The molecule has 2 amide bonds. The van der Waals surface area contributed by atoms with Crippen molar-refractivity contribution in [3.8, 4) is 5.75 Å². The summed E-state index contributed by atoms with van der Waals surface area (Å²) in [5.74, 6) is 0.713. The molecule has 6 nitrogen and oxygen atoms in total. The smallest absolute Gasteiger partial charge is 0.322 e. The predicted molar refractivity (Wildman–Crippen MR) is 98.3 cm³/mol. The quantitative estimate of drug-likeness (QED) is 0.764. The summed E-state index contributed by atoms with van der Waals surface area (Å²) in [5.41, 5.74) is 0.538. The van der Waals surface area contributed by atoms with Gasteiger partial charge in [0.05, 0.1) is 12.2 Å². The number of benzene rings is 1. The van der Waals surface area contributed by atoms with Gasteiger partial charge in [-0.1, -0.05) is 6.07 Å². The van der Waals surface area contributed by atoms with Crippen LogP contribution in [0, 0.1) is 0 Å². The maximum Gasteiger partial charge on any atom is 0.322 e. The topological polar surface area (TPSA) is 60.0 Å². The van der Waals surface area contributed by atoms with Crippen LogP contribution in [0.3, 0.4) is 0 Å². The SMILES string of the molecule is CCN(C(=O)Nc1cccc(OCCOC)c1)C1CCOC(C)(C)C1. The second-order valence-corrected chi connectivity index (χ2v) is 6.84. The highest BCUT2D eigenvalue weighted by molar-refractivity contribution is 5.89. The van der Waals surface area contributed by atoms with Crippen LogP contribution in [0.5, 0.6) is 5.75 Å². The average molecular weight is 350 g/mol. The van der Waals surface area contributed by atoms with E-state index in [-0.39, 0.29) is 17.7 Å². The lowest BCUT2D eigenvalue weighted by Crippen LogP contribution is -2.49. The minimum atomic E-state index is -0.189. The highest BCUT2D eigenvalue weighted by Crippen LogP contribution is 2.28. The molecule has 1 aliphatic heterocycles. The number of hydrogen-bond acceptors (Lipinski definition) is 4. The number of ether oxygens (including phenoxy) is 3. The molecule has 1 heterocycles. The minimum absolute atomic E-state index is 0.0840. The van der Waals surface area contributed by atoms with Gasteiger partial charge in [-0.2, -0.15) is 0 Å². The number of rotatable bonds is 7. The Kier molecular flexibility index (Phi) is 7.08. The van der Waals surface area contributed by atoms with Crippen molar-refractivity contribution in [2.75, 3.05) is 38.8 Å². The fourth-order valence-corrected chi connectivity index (χ4v) is 3.14. The number of nitrogens with zero attached hydrogens (tertiary/aromatic N) is 1. The Bertz CT molecular complexity index is 562. The molecular weight excluding hydrogens is 320 g/mol. The standard InChI is InChI=1S/C19H30N2O4/c1-5-21(16-9-10-25-19(2,3)14-16)18(22)20-15-7-6-8-17(13-15)24-12-11-23-4/h6-8,13,16H,5,9-12,14H2,1-4H3,(H,20,22). The fraction of sp³-hybridized carbons (Fsp3) is 0.632. The van der Waals surface area contributed by atoms with Gasteiger partial charge in [-0.25, -0.2) is 4.79 Å². The Morgan fingerprint density at radius 2 is 2.20 bits per heavy atom. The third kappa shape index (κ3) is 5.90. The summed E-state index contributed by atoms with van der Waals surface area (Å²) >= 11 is 0. The van der Waals surface area contributed by atoms with Crippen LogP contribution < -0.4 is 10.1 Å². The van der Waals surface area contributed by atoms with E-state index in [0.29, 0.717) is 32.1 Å². The molecule has 2 rings (SSSR count). The molecule has 0 bridgehead atoms. The lowest BCUT2D eigenvalue weighted by Gasteiger charge is -2.40. The van der Waals surface area contributed by atoms with Crippen molar-refractivity contribution in [2.45, 2.75) is 45.3 Å². The van der Waals surface area contributed by atoms with Crippen LogP contribution in [0.4, 0.5) is 10.5 Å². The van der Waals surface area contributed by atoms with Gasteiger partial charge in [0.15, 0.2) is 0 Å². The zero-order chi connectivity index (χ0) is 18.3. The first-order valence-corrected chi connectivity index (χ1v) is 8.88. The van der Waals surface area contributed by atoms with Gasteiger partial charge in [0.1, 0.15) is 12.4 Å².